The van der Waals surface area contributed by atoms with Gasteiger partial charge in [-0.1, -0.05) is 0 Å². The standard InChI is InChI=1S/C12H10N4O3/c1-8-4-9(6-10(5-8)16(18)19)12(17)15-11-7-13-2-3-14-11/h2-7H,1H3,(H,14,15,17). The second-order valence-electron chi connectivity index (χ2n) is 3.86. The first kappa shape index (κ1) is 12.6. The summed E-state index contributed by atoms with van der Waals surface area (Å²) in [7, 11) is 0. The largest absolute Gasteiger partial charge is 0.305 e. The van der Waals surface area contributed by atoms with Crippen molar-refractivity contribution in [3.8, 4) is 0 Å². The smallest absolute Gasteiger partial charge is 0.270 e. The average molecular weight is 258 g/mol. The van der Waals surface area contributed by atoms with Crippen molar-refractivity contribution in [1.29, 1.82) is 0 Å². The number of nitrogens with zero attached hydrogens (tertiary/aromatic N) is 3. The van der Waals surface area contributed by atoms with Gasteiger partial charge in [-0.05, 0) is 18.6 Å². The lowest BCUT2D eigenvalue weighted by Crippen LogP contribution is -2.13. The van der Waals surface area contributed by atoms with Gasteiger partial charge >= 0.3 is 0 Å². The van der Waals surface area contributed by atoms with Crippen LogP contribution in [-0.2, 0) is 0 Å². The Morgan fingerprint density at radius 2 is 2.11 bits per heavy atom. The van der Waals surface area contributed by atoms with Gasteiger partial charge < -0.3 is 5.32 Å². The molecule has 2 rings (SSSR count). The van der Waals surface area contributed by atoms with Crippen LogP contribution in [0.15, 0.2) is 36.8 Å². The summed E-state index contributed by atoms with van der Waals surface area (Å²) in [6.07, 6.45) is 4.31. The van der Waals surface area contributed by atoms with E-state index in [2.05, 4.69) is 15.3 Å². The first-order chi connectivity index (χ1) is 9.06. The number of nitro benzene ring substituents is 1. The van der Waals surface area contributed by atoms with Gasteiger partial charge in [0.05, 0.1) is 11.1 Å². The number of benzene rings is 1. The number of non-ortho nitro benzene ring substituents is 1. The van der Waals surface area contributed by atoms with Crippen LogP contribution in [0.3, 0.4) is 0 Å². The lowest BCUT2D eigenvalue weighted by molar-refractivity contribution is -0.384. The van der Waals surface area contributed by atoms with Crippen LogP contribution >= 0.6 is 0 Å². The normalized spacial score (nSPS) is 9.95. The minimum absolute atomic E-state index is 0.121. The van der Waals surface area contributed by atoms with Crippen LogP contribution in [0.5, 0.6) is 0 Å². The van der Waals surface area contributed by atoms with Crippen LogP contribution in [0.4, 0.5) is 11.5 Å². The maximum atomic E-state index is 11.9. The summed E-state index contributed by atoms with van der Waals surface area (Å²) in [6.45, 7) is 1.69. The Bertz CT molecular complexity index is 628. The number of aryl methyl sites for hydroxylation is 1. The Balaban J connectivity index is 2.26. The van der Waals surface area contributed by atoms with E-state index in [0.717, 1.165) is 0 Å². The quantitative estimate of drug-likeness (QED) is 0.670. The molecule has 96 valence electrons. The molecule has 0 fully saturated rings. The van der Waals surface area contributed by atoms with Crippen molar-refractivity contribution in [3.05, 3.63) is 58.0 Å². The van der Waals surface area contributed by atoms with Crippen molar-refractivity contribution < 1.29 is 9.72 Å². The van der Waals surface area contributed by atoms with Gasteiger partial charge in [-0.3, -0.25) is 19.9 Å². The van der Waals surface area contributed by atoms with Crippen molar-refractivity contribution in [3.63, 3.8) is 0 Å². The Morgan fingerprint density at radius 3 is 2.74 bits per heavy atom. The number of rotatable bonds is 3. The highest BCUT2D eigenvalue weighted by Gasteiger charge is 2.13. The van der Waals surface area contributed by atoms with Gasteiger partial charge in [0.25, 0.3) is 11.6 Å². The summed E-state index contributed by atoms with van der Waals surface area (Å²) in [5.74, 6) is -0.177. The van der Waals surface area contributed by atoms with Crippen LogP contribution in [-0.4, -0.2) is 20.8 Å². The molecule has 0 aliphatic rings. The number of anilines is 1. The van der Waals surface area contributed by atoms with Gasteiger partial charge in [0.2, 0.25) is 0 Å². The number of nitrogens with one attached hydrogen (secondary N) is 1. The molecule has 2 aromatic rings. The summed E-state index contributed by atoms with van der Waals surface area (Å²) >= 11 is 0. The Kier molecular flexibility index (Phi) is 3.46. The molecule has 0 atom stereocenters. The number of carbonyl (C=O) groups is 1. The number of hydrogen-bond donors (Lipinski definition) is 1. The fraction of sp³-hybridized carbons (Fsp3) is 0.0833. The van der Waals surface area contributed by atoms with E-state index >= 15 is 0 Å². The first-order valence-corrected chi connectivity index (χ1v) is 5.40. The number of amides is 1. The average Bonchev–Trinajstić information content (AvgIpc) is 2.39. The minimum Gasteiger partial charge on any atom is -0.305 e. The van der Waals surface area contributed by atoms with E-state index in [4.69, 9.17) is 0 Å². The van der Waals surface area contributed by atoms with E-state index in [0.29, 0.717) is 5.56 Å². The molecule has 0 aliphatic carbocycles. The molecule has 0 saturated heterocycles. The van der Waals surface area contributed by atoms with Gasteiger partial charge in [-0.2, -0.15) is 0 Å². The summed E-state index contributed by atoms with van der Waals surface area (Å²) in [5.41, 5.74) is 0.722. The predicted octanol–water partition coefficient (Wildman–Crippen LogP) is 1.95. The van der Waals surface area contributed by atoms with Gasteiger partial charge in [0.1, 0.15) is 0 Å². The second-order valence-corrected chi connectivity index (χ2v) is 3.86. The van der Waals surface area contributed by atoms with Crippen molar-refractivity contribution >= 4 is 17.4 Å². The zero-order chi connectivity index (χ0) is 13.8. The summed E-state index contributed by atoms with van der Waals surface area (Å²) in [4.78, 5) is 29.8. The second kappa shape index (κ2) is 5.21. The van der Waals surface area contributed by atoms with Gasteiger partial charge in [-0.25, -0.2) is 4.98 Å². The molecule has 7 nitrogen and oxygen atoms in total. The fourth-order valence-electron chi connectivity index (χ4n) is 1.55. The highest BCUT2D eigenvalue weighted by Crippen LogP contribution is 2.17. The zero-order valence-corrected chi connectivity index (χ0v) is 10.0. The number of nitro groups is 1. The first-order valence-electron chi connectivity index (χ1n) is 5.40. The van der Waals surface area contributed by atoms with Crippen molar-refractivity contribution in [1.82, 2.24) is 9.97 Å². The molecule has 1 aromatic heterocycles. The Morgan fingerprint density at radius 1 is 1.32 bits per heavy atom. The summed E-state index contributed by atoms with van der Waals surface area (Å²) in [5, 5.41) is 13.3. The number of hydrogen-bond acceptors (Lipinski definition) is 5. The zero-order valence-electron chi connectivity index (χ0n) is 10.0. The van der Waals surface area contributed by atoms with Crippen LogP contribution < -0.4 is 5.32 Å². The fourth-order valence-corrected chi connectivity index (χ4v) is 1.55. The Labute approximate surface area is 108 Å². The van der Waals surface area contributed by atoms with E-state index in [-0.39, 0.29) is 17.1 Å². The van der Waals surface area contributed by atoms with Crippen LogP contribution in [0, 0.1) is 17.0 Å². The lowest BCUT2D eigenvalue weighted by atomic mass is 10.1. The minimum atomic E-state index is -0.536. The lowest BCUT2D eigenvalue weighted by Gasteiger charge is -2.04. The third-order valence-electron chi connectivity index (χ3n) is 2.34. The molecule has 0 bridgehead atoms. The van der Waals surface area contributed by atoms with Gasteiger partial charge in [-0.15, -0.1) is 0 Å². The highest BCUT2D eigenvalue weighted by atomic mass is 16.6. The van der Waals surface area contributed by atoms with E-state index in [1.165, 1.54) is 30.7 Å². The monoisotopic (exact) mass is 258 g/mol. The number of aromatic nitrogens is 2. The molecule has 0 aliphatic heterocycles. The van der Waals surface area contributed by atoms with E-state index in [1.807, 2.05) is 0 Å². The van der Waals surface area contributed by atoms with Crippen LogP contribution in [0.2, 0.25) is 0 Å². The maximum absolute atomic E-state index is 11.9. The van der Waals surface area contributed by atoms with E-state index in [9.17, 15) is 14.9 Å². The molecular weight excluding hydrogens is 248 g/mol. The summed E-state index contributed by atoms with van der Waals surface area (Å²) < 4.78 is 0. The van der Waals surface area contributed by atoms with Gasteiger partial charge in [0.15, 0.2) is 5.82 Å². The molecule has 0 spiro atoms. The van der Waals surface area contributed by atoms with Crippen molar-refractivity contribution in [2.45, 2.75) is 6.92 Å². The molecule has 0 unspecified atom stereocenters. The molecule has 1 N–H and O–H groups in total. The molecular formula is C12H10N4O3. The Hall–Kier alpha value is -2.83. The molecule has 19 heavy (non-hydrogen) atoms. The van der Waals surface area contributed by atoms with E-state index in [1.54, 1.807) is 13.0 Å². The highest BCUT2D eigenvalue weighted by molar-refractivity contribution is 6.04. The van der Waals surface area contributed by atoms with Crippen molar-refractivity contribution in [2.75, 3.05) is 5.32 Å². The molecule has 0 saturated carbocycles. The summed E-state index contributed by atoms with van der Waals surface area (Å²) in [6, 6.07) is 4.19. The number of carbonyl (C=O) groups excluding carboxylic acids is 1. The molecule has 1 aromatic carbocycles. The van der Waals surface area contributed by atoms with Crippen molar-refractivity contribution in [2.24, 2.45) is 0 Å². The van der Waals surface area contributed by atoms with E-state index < -0.39 is 10.8 Å². The topological polar surface area (TPSA) is 98.0 Å². The van der Waals surface area contributed by atoms with Crippen LogP contribution in [0.25, 0.3) is 0 Å². The SMILES string of the molecule is Cc1cc(C(=O)Nc2cnccn2)cc([N+](=O)[O-])c1. The van der Waals surface area contributed by atoms with Crippen LogP contribution in [0.1, 0.15) is 15.9 Å². The molecule has 0 radical (unpaired) electrons. The third kappa shape index (κ3) is 3.09. The molecule has 1 amide bonds. The molecule has 1 heterocycles. The maximum Gasteiger partial charge on any atom is 0.270 e. The molecule has 7 heteroatoms. The predicted molar refractivity (Wildman–Crippen MR) is 67.8 cm³/mol. The van der Waals surface area contributed by atoms with Gasteiger partial charge in [0, 0.05) is 30.1 Å². The third-order valence-corrected chi connectivity index (χ3v) is 2.34.